The van der Waals surface area contributed by atoms with Crippen LogP contribution in [0.25, 0.3) is 10.9 Å². The predicted molar refractivity (Wildman–Crippen MR) is 140 cm³/mol. The van der Waals surface area contributed by atoms with Gasteiger partial charge in [-0.3, -0.25) is 4.79 Å². The SMILES string of the molecule is COc1ccc(CN(Cc2cc3c(C)cc(C)cc3[nH]c2=O)C(=S)NCCCN(C)C)cc1. The Morgan fingerprint density at radius 1 is 1.09 bits per heavy atom. The molecule has 0 radical (unpaired) electrons. The highest BCUT2D eigenvalue weighted by atomic mass is 32.1. The van der Waals surface area contributed by atoms with E-state index in [2.05, 4.69) is 42.3 Å². The van der Waals surface area contributed by atoms with E-state index >= 15 is 0 Å². The fraction of sp³-hybridized carbons (Fsp3) is 0.385. The Bertz CT molecular complexity index is 1160. The van der Waals surface area contributed by atoms with Gasteiger partial charge in [-0.1, -0.05) is 18.2 Å². The molecule has 2 N–H and O–H groups in total. The van der Waals surface area contributed by atoms with Crippen LogP contribution in [-0.4, -0.2) is 54.2 Å². The summed E-state index contributed by atoms with van der Waals surface area (Å²) in [6, 6.07) is 14.1. The van der Waals surface area contributed by atoms with Crippen molar-refractivity contribution in [2.45, 2.75) is 33.4 Å². The highest BCUT2D eigenvalue weighted by Gasteiger charge is 2.15. The second-order valence-corrected chi connectivity index (χ2v) is 9.15. The lowest BCUT2D eigenvalue weighted by molar-refractivity contribution is 0.383. The van der Waals surface area contributed by atoms with Gasteiger partial charge in [-0.25, -0.2) is 0 Å². The number of ether oxygens (including phenoxy) is 1. The number of hydrogen-bond donors (Lipinski definition) is 2. The van der Waals surface area contributed by atoms with Crippen molar-refractivity contribution in [2.24, 2.45) is 0 Å². The van der Waals surface area contributed by atoms with Crippen molar-refractivity contribution in [3.63, 3.8) is 0 Å². The fourth-order valence-electron chi connectivity index (χ4n) is 3.89. The van der Waals surface area contributed by atoms with Crippen LogP contribution in [0.3, 0.4) is 0 Å². The van der Waals surface area contributed by atoms with E-state index in [1.54, 1.807) is 7.11 Å². The average molecular weight is 467 g/mol. The van der Waals surface area contributed by atoms with Gasteiger partial charge in [-0.05, 0) is 94.1 Å². The van der Waals surface area contributed by atoms with Crippen LogP contribution >= 0.6 is 12.2 Å². The number of rotatable bonds is 9. The summed E-state index contributed by atoms with van der Waals surface area (Å²) in [6.45, 7) is 6.89. The number of methoxy groups -OCH3 is 1. The van der Waals surface area contributed by atoms with Crippen LogP contribution in [0.15, 0.2) is 47.3 Å². The minimum absolute atomic E-state index is 0.0809. The monoisotopic (exact) mass is 466 g/mol. The standard InChI is InChI=1S/C26H34N4O2S/c1-18-13-19(2)23-15-21(25(31)28-24(23)14-18)17-30(26(33)27-11-6-12-29(3)4)16-20-7-9-22(32-5)10-8-20/h7-10,13-15H,6,11-12,16-17H2,1-5H3,(H,27,33)(H,28,31). The summed E-state index contributed by atoms with van der Waals surface area (Å²) >= 11 is 5.75. The number of aryl methyl sites for hydroxylation is 2. The molecule has 176 valence electrons. The van der Waals surface area contributed by atoms with Gasteiger partial charge < -0.3 is 24.8 Å². The highest BCUT2D eigenvalue weighted by molar-refractivity contribution is 7.80. The van der Waals surface area contributed by atoms with Crippen LogP contribution in [0.2, 0.25) is 0 Å². The summed E-state index contributed by atoms with van der Waals surface area (Å²) in [5.74, 6) is 0.812. The molecule has 0 aliphatic carbocycles. The molecule has 0 atom stereocenters. The lowest BCUT2D eigenvalue weighted by Crippen LogP contribution is -2.40. The molecule has 7 heteroatoms. The van der Waals surface area contributed by atoms with Gasteiger partial charge in [0.2, 0.25) is 0 Å². The molecule has 0 bridgehead atoms. The Kier molecular flexibility index (Phi) is 8.47. The third-order valence-electron chi connectivity index (χ3n) is 5.63. The molecule has 6 nitrogen and oxygen atoms in total. The first-order valence-electron chi connectivity index (χ1n) is 11.2. The number of thiocarbonyl (C=S) groups is 1. The summed E-state index contributed by atoms with van der Waals surface area (Å²) in [5, 5.41) is 5.07. The van der Waals surface area contributed by atoms with Crippen LogP contribution < -0.4 is 15.6 Å². The molecule has 33 heavy (non-hydrogen) atoms. The number of H-pyrrole nitrogens is 1. The molecule has 0 fully saturated rings. The molecule has 1 aromatic heterocycles. The van der Waals surface area contributed by atoms with Crippen molar-refractivity contribution >= 4 is 28.2 Å². The third-order valence-corrected chi connectivity index (χ3v) is 6.03. The van der Waals surface area contributed by atoms with E-state index in [9.17, 15) is 4.79 Å². The molecule has 0 saturated heterocycles. The van der Waals surface area contributed by atoms with E-state index in [0.717, 1.165) is 52.9 Å². The van der Waals surface area contributed by atoms with E-state index in [4.69, 9.17) is 17.0 Å². The minimum atomic E-state index is -0.0809. The molecule has 1 heterocycles. The number of benzene rings is 2. The number of fused-ring (bicyclic) bond motifs is 1. The number of nitrogens with zero attached hydrogens (tertiary/aromatic N) is 2. The Hall–Kier alpha value is -2.90. The van der Waals surface area contributed by atoms with E-state index in [1.807, 2.05) is 48.2 Å². The molecule has 2 aromatic carbocycles. The number of aromatic amines is 1. The van der Waals surface area contributed by atoms with Crippen LogP contribution in [0.4, 0.5) is 0 Å². The second kappa shape index (κ2) is 11.3. The van der Waals surface area contributed by atoms with Crippen molar-refractivity contribution in [3.05, 3.63) is 75.1 Å². The number of aromatic nitrogens is 1. The zero-order valence-electron chi connectivity index (χ0n) is 20.2. The molecule has 0 saturated carbocycles. The van der Waals surface area contributed by atoms with E-state index in [0.29, 0.717) is 23.8 Å². The van der Waals surface area contributed by atoms with Crippen LogP contribution in [0.1, 0.15) is 28.7 Å². The van der Waals surface area contributed by atoms with E-state index in [1.165, 1.54) is 0 Å². The van der Waals surface area contributed by atoms with Gasteiger partial charge in [0.25, 0.3) is 5.56 Å². The number of nitrogens with one attached hydrogen (secondary N) is 2. The van der Waals surface area contributed by atoms with Crippen molar-refractivity contribution in [1.82, 2.24) is 20.1 Å². The first-order chi connectivity index (χ1) is 15.8. The maximum atomic E-state index is 12.9. The fourth-order valence-corrected chi connectivity index (χ4v) is 4.12. The summed E-state index contributed by atoms with van der Waals surface area (Å²) in [7, 11) is 5.77. The van der Waals surface area contributed by atoms with Crippen LogP contribution in [0.5, 0.6) is 5.75 Å². The minimum Gasteiger partial charge on any atom is -0.497 e. The lowest BCUT2D eigenvalue weighted by atomic mass is 10.0. The molecule has 0 spiro atoms. The highest BCUT2D eigenvalue weighted by Crippen LogP contribution is 2.20. The Morgan fingerprint density at radius 3 is 2.48 bits per heavy atom. The lowest BCUT2D eigenvalue weighted by Gasteiger charge is -2.26. The zero-order valence-corrected chi connectivity index (χ0v) is 21.0. The Labute approximate surface area is 201 Å². The quantitative estimate of drug-likeness (QED) is 0.367. The molecule has 0 aliphatic rings. The van der Waals surface area contributed by atoms with Gasteiger partial charge in [0, 0.05) is 29.6 Å². The molecule has 0 aliphatic heterocycles. The summed E-state index contributed by atoms with van der Waals surface area (Å²) in [6.07, 6.45) is 0.985. The van der Waals surface area contributed by atoms with Crippen LogP contribution in [0, 0.1) is 13.8 Å². The number of pyridine rings is 1. The largest absolute Gasteiger partial charge is 0.497 e. The normalized spacial score (nSPS) is 11.1. The third kappa shape index (κ3) is 6.79. The molecule has 0 amide bonds. The maximum absolute atomic E-state index is 12.9. The molecule has 0 unspecified atom stereocenters. The summed E-state index contributed by atoms with van der Waals surface area (Å²) in [5.41, 5.74) is 4.86. The summed E-state index contributed by atoms with van der Waals surface area (Å²) in [4.78, 5) is 20.2. The molecular formula is C26H34N4O2S. The second-order valence-electron chi connectivity index (χ2n) is 8.76. The predicted octanol–water partition coefficient (Wildman–Crippen LogP) is 3.98. The topological polar surface area (TPSA) is 60.6 Å². The van der Waals surface area contributed by atoms with Gasteiger partial charge >= 0.3 is 0 Å². The maximum Gasteiger partial charge on any atom is 0.253 e. The van der Waals surface area contributed by atoms with Gasteiger partial charge in [-0.15, -0.1) is 0 Å². The van der Waals surface area contributed by atoms with E-state index in [-0.39, 0.29) is 5.56 Å². The Morgan fingerprint density at radius 2 is 1.82 bits per heavy atom. The number of hydrogen-bond acceptors (Lipinski definition) is 4. The van der Waals surface area contributed by atoms with Crippen LogP contribution in [-0.2, 0) is 13.1 Å². The first-order valence-corrected chi connectivity index (χ1v) is 11.6. The van der Waals surface area contributed by atoms with E-state index < -0.39 is 0 Å². The van der Waals surface area contributed by atoms with Gasteiger partial charge in [0.15, 0.2) is 5.11 Å². The van der Waals surface area contributed by atoms with Gasteiger partial charge in [0.1, 0.15) is 5.75 Å². The first kappa shape index (κ1) is 24.7. The zero-order chi connectivity index (χ0) is 24.0. The van der Waals surface area contributed by atoms with Gasteiger partial charge in [0.05, 0.1) is 13.7 Å². The summed E-state index contributed by atoms with van der Waals surface area (Å²) < 4.78 is 5.28. The molecule has 3 rings (SSSR count). The molecular weight excluding hydrogens is 432 g/mol. The Balaban J connectivity index is 1.85. The van der Waals surface area contributed by atoms with Crippen molar-refractivity contribution in [3.8, 4) is 5.75 Å². The van der Waals surface area contributed by atoms with Crippen molar-refractivity contribution < 1.29 is 4.74 Å². The van der Waals surface area contributed by atoms with Crippen molar-refractivity contribution in [1.29, 1.82) is 0 Å². The average Bonchev–Trinajstić information content (AvgIpc) is 2.77. The van der Waals surface area contributed by atoms with Crippen molar-refractivity contribution in [2.75, 3.05) is 34.3 Å². The smallest absolute Gasteiger partial charge is 0.253 e. The van der Waals surface area contributed by atoms with Gasteiger partial charge in [-0.2, -0.15) is 0 Å². The molecule has 3 aromatic rings.